The Morgan fingerprint density at radius 2 is 1.88 bits per heavy atom. The molecule has 2 rings (SSSR count). The number of sulfone groups is 1. The van der Waals surface area contributed by atoms with Crippen molar-refractivity contribution < 1.29 is 17.9 Å². The zero-order valence-corrected chi connectivity index (χ0v) is 15.8. The molecule has 0 radical (unpaired) electrons. The van der Waals surface area contributed by atoms with E-state index in [1.165, 1.54) is 24.8 Å². The molecule has 1 amide bonds. The second kappa shape index (κ2) is 9.20. The van der Waals surface area contributed by atoms with E-state index in [1.807, 2.05) is 11.9 Å². The van der Waals surface area contributed by atoms with Crippen LogP contribution in [0.15, 0.2) is 29.2 Å². The van der Waals surface area contributed by atoms with Gasteiger partial charge in [-0.25, -0.2) is 8.42 Å². The van der Waals surface area contributed by atoms with Gasteiger partial charge in [0.25, 0.3) is 0 Å². The van der Waals surface area contributed by atoms with Crippen molar-refractivity contribution in [2.45, 2.75) is 30.6 Å². The summed E-state index contributed by atoms with van der Waals surface area (Å²) in [6.07, 6.45) is 4.83. The number of rotatable bonds is 8. The summed E-state index contributed by atoms with van der Waals surface area (Å²) in [6.45, 7) is 2.99. The molecular formula is C18H28N2O4S. The molecule has 1 aromatic rings. The summed E-state index contributed by atoms with van der Waals surface area (Å²) < 4.78 is 28.4. The molecule has 0 saturated carbocycles. The molecule has 0 unspecified atom stereocenters. The highest BCUT2D eigenvalue weighted by Gasteiger charge is 2.22. The molecule has 1 aliphatic heterocycles. The lowest BCUT2D eigenvalue weighted by Crippen LogP contribution is -2.39. The Labute approximate surface area is 150 Å². The molecule has 6 nitrogen and oxygen atoms in total. The molecule has 0 spiro atoms. The first-order chi connectivity index (χ1) is 11.9. The van der Waals surface area contributed by atoms with Crippen molar-refractivity contribution in [1.82, 2.24) is 10.2 Å². The quantitative estimate of drug-likeness (QED) is 0.756. The molecule has 1 saturated heterocycles. The summed E-state index contributed by atoms with van der Waals surface area (Å²) in [5, 5.41) is 3.17. The number of amides is 1. The van der Waals surface area contributed by atoms with Crippen LogP contribution in [-0.4, -0.2) is 58.8 Å². The SMILES string of the molecule is CNCCC1CCN(C(=O)CCOc2ccc(S(C)(=O)=O)cc2)CC1. The Balaban J connectivity index is 1.70. The van der Waals surface area contributed by atoms with Gasteiger partial charge in [0, 0.05) is 19.3 Å². The van der Waals surface area contributed by atoms with Crippen molar-refractivity contribution in [1.29, 1.82) is 0 Å². The summed E-state index contributed by atoms with van der Waals surface area (Å²) in [6, 6.07) is 6.27. The van der Waals surface area contributed by atoms with Crippen molar-refractivity contribution in [3.05, 3.63) is 24.3 Å². The molecule has 1 heterocycles. The Morgan fingerprint density at radius 1 is 1.24 bits per heavy atom. The Kier molecular flexibility index (Phi) is 7.25. The minimum atomic E-state index is -3.20. The lowest BCUT2D eigenvalue weighted by atomic mass is 9.93. The van der Waals surface area contributed by atoms with Gasteiger partial charge in [-0.1, -0.05) is 0 Å². The van der Waals surface area contributed by atoms with E-state index >= 15 is 0 Å². The second-order valence-electron chi connectivity index (χ2n) is 6.56. The predicted molar refractivity (Wildman–Crippen MR) is 97.5 cm³/mol. The van der Waals surface area contributed by atoms with Crippen LogP contribution in [0, 0.1) is 5.92 Å². The van der Waals surface area contributed by atoms with Crippen LogP contribution in [-0.2, 0) is 14.6 Å². The molecule has 1 fully saturated rings. The van der Waals surface area contributed by atoms with Gasteiger partial charge in [0.2, 0.25) is 5.91 Å². The Bertz CT molecular complexity index is 650. The highest BCUT2D eigenvalue weighted by atomic mass is 32.2. The van der Waals surface area contributed by atoms with Crippen LogP contribution in [0.2, 0.25) is 0 Å². The Morgan fingerprint density at radius 3 is 2.44 bits per heavy atom. The van der Waals surface area contributed by atoms with Crippen molar-refractivity contribution in [2.75, 3.05) is 39.5 Å². The van der Waals surface area contributed by atoms with E-state index in [-0.39, 0.29) is 10.8 Å². The maximum atomic E-state index is 12.2. The summed E-state index contributed by atoms with van der Waals surface area (Å²) in [7, 11) is -1.23. The highest BCUT2D eigenvalue weighted by Crippen LogP contribution is 2.21. The van der Waals surface area contributed by atoms with Gasteiger partial charge in [0.15, 0.2) is 9.84 Å². The third kappa shape index (κ3) is 6.32. The average Bonchev–Trinajstić information content (AvgIpc) is 2.60. The maximum Gasteiger partial charge on any atom is 0.225 e. The molecule has 140 valence electrons. The molecule has 1 aromatic carbocycles. The molecular weight excluding hydrogens is 340 g/mol. The third-order valence-electron chi connectivity index (χ3n) is 4.61. The number of benzene rings is 1. The number of nitrogens with zero attached hydrogens (tertiary/aromatic N) is 1. The van der Waals surface area contributed by atoms with Crippen molar-refractivity contribution in [2.24, 2.45) is 5.92 Å². The number of carbonyl (C=O) groups excluding carboxylic acids is 1. The number of hydrogen-bond donors (Lipinski definition) is 1. The van der Waals surface area contributed by atoms with Crippen molar-refractivity contribution in [3.63, 3.8) is 0 Å². The third-order valence-corrected chi connectivity index (χ3v) is 5.73. The average molecular weight is 368 g/mol. The van der Waals surface area contributed by atoms with E-state index in [1.54, 1.807) is 12.1 Å². The predicted octanol–water partition coefficient (Wildman–Crippen LogP) is 1.71. The molecule has 0 aromatic heterocycles. The monoisotopic (exact) mass is 368 g/mol. The highest BCUT2D eigenvalue weighted by molar-refractivity contribution is 7.90. The number of hydrogen-bond acceptors (Lipinski definition) is 5. The first-order valence-electron chi connectivity index (χ1n) is 8.75. The largest absolute Gasteiger partial charge is 0.493 e. The Hall–Kier alpha value is -1.60. The normalized spacial score (nSPS) is 16.0. The lowest BCUT2D eigenvalue weighted by molar-refractivity contribution is -0.133. The molecule has 25 heavy (non-hydrogen) atoms. The summed E-state index contributed by atoms with van der Waals surface area (Å²) in [5.41, 5.74) is 0. The van der Waals surface area contributed by atoms with Crippen molar-refractivity contribution in [3.8, 4) is 5.75 Å². The number of likely N-dealkylation sites (tertiary alicyclic amines) is 1. The number of ether oxygens (including phenoxy) is 1. The van der Waals surface area contributed by atoms with E-state index in [2.05, 4.69) is 5.32 Å². The first kappa shape index (κ1) is 19.7. The molecule has 1 N–H and O–H groups in total. The van der Waals surface area contributed by atoms with Crippen LogP contribution < -0.4 is 10.1 Å². The van der Waals surface area contributed by atoms with Gasteiger partial charge >= 0.3 is 0 Å². The van der Waals surface area contributed by atoms with E-state index in [0.717, 1.165) is 32.5 Å². The van der Waals surface area contributed by atoms with Gasteiger partial charge in [-0.3, -0.25) is 4.79 Å². The first-order valence-corrected chi connectivity index (χ1v) is 10.6. The summed E-state index contributed by atoms with van der Waals surface area (Å²) in [4.78, 5) is 14.4. The second-order valence-corrected chi connectivity index (χ2v) is 8.57. The van der Waals surface area contributed by atoms with Gasteiger partial charge < -0.3 is 15.0 Å². The molecule has 0 bridgehead atoms. The van der Waals surface area contributed by atoms with Crippen LogP contribution in [0.5, 0.6) is 5.75 Å². The van der Waals surface area contributed by atoms with Gasteiger partial charge in [-0.05, 0) is 63.0 Å². The summed E-state index contributed by atoms with van der Waals surface area (Å²) >= 11 is 0. The fraction of sp³-hybridized carbons (Fsp3) is 0.611. The van der Waals surface area contributed by atoms with E-state index in [4.69, 9.17) is 4.74 Å². The van der Waals surface area contributed by atoms with E-state index in [9.17, 15) is 13.2 Å². The van der Waals surface area contributed by atoms with Crippen molar-refractivity contribution >= 4 is 15.7 Å². The van der Waals surface area contributed by atoms with Crippen LogP contribution in [0.4, 0.5) is 0 Å². The van der Waals surface area contributed by atoms with Gasteiger partial charge in [-0.2, -0.15) is 0 Å². The van der Waals surface area contributed by atoms with Gasteiger partial charge in [0.05, 0.1) is 17.9 Å². The minimum absolute atomic E-state index is 0.125. The molecule has 1 aliphatic rings. The summed E-state index contributed by atoms with van der Waals surface area (Å²) in [5.74, 6) is 1.41. The molecule has 7 heteroatoms. The number of nitrogens with one attached hydrogen (secondary N) is 1. The van der Waals surface area contributed by atoms with Crippen LogP contribution in [0.25, 0.3) is 0 Å². The topological polar surface area (TPSA) is 75.7 Å². The van der Waals surface area contributed by atoms with Gasteiger partial charge in [-0.15, -0.1) is 0 Å². The van der Waals surface area contributed by atoms with Crippen LogP contribution >= 0.6 is 0 Å². The zero-order chi connectivity index (χ0) is 18.3. The van der Waals surface area contributed by atoms with Crippen LogP contribution in [0.3, 0.4) is 0 Å². The van der Waals surface area contributed by atoms with E-state index in [0.29, 0.717) is 24.7 Å². The zero-order valence-electron chi connectivity index (χ0n) is 15.0. The number of carbonyl (C=O) groups is 1. The standard InChI is InChI=1S/C18H28N2O4S/c1-19-11-7-15-8-12-20(13-9-15)18(21)10-14-24-16-3-5-17(6-4-16)25(2,22)23/h3-6,15,19H,7-14H2,1-2H3. The van der Waals surface area contributed by atoms with Gasteiger partial charge in [0.1, 0.15) is 5.75 Å². The lowest BCUT2D eigenvalue weighted by Gasteiger charge is -2.32. The fourth-order valence-electron chi connectivity index (χ4n) is 3.02. The maximum absolute atomic E-state index is 12.2. The van der Waals surface area contributed by atoms with E-state index < -0.39 is 9.84 Å². The minimum Gasteiger partial charge on any atom is -0.493 e. The van der Waals surface area contributed by atoms with Crippen LogP contribution in [0.1, 0.15) is 25.7 Å². The fourth-order valence-corrected chi connectivity index (χ4v) is 3.65. The molecule has 0 atom stereocenters. The smallest absolute Gasteiger partial charge is 0.225 e. The number of piperidine rings is 1. The molecule has 0 aliphatic carbocycles.